The summed E-state index contributed by atoms with van der Waals surface area (Å²) in [6.07, 6.45) is 4.32. The van der Waals surface area contributed by atoms with Gasteiger partial charge in [-0.3, -0.25) is 4.79 Å². The Balaban J connectivity index is 1.89. The molecule has 1 aromatic rings. The molecule has 1 aliphatic carbocycles. The molecule has 5 nitrogen and oxygen atoms in total. The number of carbonyl (C=O) groups excluding carboxylic acids is 1. The number of hydrogen-bond donors (Lipinski definition) is 3. The second kappa shape index (κ2) is 5.94. The van der Waals surface area contributed by atoms with Crippen LogP contribution in [0.2, 0.25) is 0 Å². The molecule has 20 heavy (non-hydrogen) atoms. The van der Waals surface area contributed by atoms with Crippen LogP contribution >= 0.6 is 0 Å². The number of aliphatic carboxylic acids is 1. The number of urea groups is 1. The molecule has 1 saturated carbocycles. The highest BCUT2D eigenvalue weighted by atomic mass is 16.4. The number of anilines is 1. The molecule has 5 heteroatoms. The molecule has 0 bridgehead atoms. The minimum Gasteiger partial charge on any atom is -0.481 e. The van der Waals surface area contributed by atoms with E-state index in [-0.39, 0.29) is 18.0 Å². The van der Waals surface area contributed by atoms with E-state index in [9.17, 15) is 9.59 Å². The van der Waals surface area contributed by atoms with Crippen molar-refractivity contribution in [1.29, 1.82) is 0 Å². The van der Waals surface area contributed by atoms with Gasteiger partial charge in [0.2, 0.25) is 0 Å². The van der Waals surface area contributed by atoms with Gasteiger partial charge in [-0.1, -0.05) is 25.0 Å². The number of rotatable bonds is 4. The predicted octanol–water partition coefficient (Wildman–Crippen LogP) is 2.77. The number of carboxylic acids is 1. The number of carbonyl (C=O) groups is 2. The summed E-state index contributed by atoms with van der Waals surface area (Å²) < 4.78 is 0. The molecule has 0 saturated heterocycles. The Kier molecular flexibility index (Phi) is 4.27. The molecule has 3 N–H and O–H groups in total. The lowest BCUT2D eigenvalue weighted by Crippen LogP contribution is -2.45. The molecular weight excluding hydrogens is 256 g/mol. The Hall–Kier alpha value is -2.04. The summed E-state index contributed by atoms with van der Waals surface area (Å²) in [5, 5.41) is 14.5. The fraction of sp³-hybridized carbons (Fsp3) is 0.467. The van der Waals surface area contributed by atoms with E-state index in [2.05, 4.69) is 17.6 Å². The van der Waals surface area contributed by atoms with Gasteiger partial charge in [0.05, 0.1) is 6.42 Å². The summed E-state index contributed by atoms with van der Waals surface area (Å²) in [6.45, 7) is 2.07. The third-order valence-corrected chi connectivity index (χ3v) is 3.69. The summed E-state index contributed by atoms with van der Waals surface area (Å²) in [7, 11) is 0. The van der Waals surface area contributed by atoms with E-state index in [0.29, 0.717) is 11.3 Å². The molecule has 1 aromatic carbocycles. The zero-order valence-corrected chi connectivity index (χ0v) is 11.6. The van der Waals surface area contributed by atoms with E-state index in [4.69, 9.17) is 5.11 Å². The van der Waals surface area contributed by atoms with Crippen LogP contribution in [0.3, 0.4) is 0 Å². The Morgan fingerprint density at radius 1 is 1.20 bits per heavy atom. The van der Waals surface area contributed by atoms with Gasteiger partial charge in [0, 0.05) is 11.2 Å². The summed E-state index contributed by atoms with van der Waals surface area (Å²) in [6, 6.07) is 6.64. The highest BCUT2D eigenvalue weighted by Crippen LogP contribution is 2.28. The quantitative estimate of drug-likeness (QED) is 0.791. The van der Waals surface area contributed by atoms with Crippen LogP contribution in [0.5, 0.6) is 0 Å². The topological polar surface area (TPSA) is 78.4 Å². The molecule has 1 aliphatic rings. The maximum absolute atomic E-state index is 11.9. The van der Waals surface area contributed by atoms with Crippen LogP contribution in [0.25, 0.3) is 0 Å². The van der Waals surface area contributed by atoms with Crippen LogP contribution < -0.4 is 10.6 Å². The summed E-state index contributed by atoms with van der Waals surface area (Å²) in [4.78, 5) is 22.5. The first-order valence-corrected chi connectivity index (χ1v) is 6.87. The lowest BCUT2D eigenvalue weighted by Gasteiger charge is -2.25. The Bertz CT molecular complexity index is 490. The number of nitrogens with one attached hydrogen (secondary N) is 2. The van der Waals surface area contributed by atoms with Crippen molar-refractivity contribution < 1.29 is 14.7 Å². The van der Waals surface area contributed by atoms with Crippen LogP contribution in [-0.2, 0) is 11.2 Å². The molecule has 0 unspecified atom stereocenters. The van der Waals surface area contributed by atoms with E-state index >= 15 is 0 Å². The van der Waals surface area contributed by atoms with Crippen molar-refractivity contribution in [3.8, 4) is 0 Å². The summed E-state index contributed by atoms with van der Waals surface area (Å²) in [5.74, 6) is -0.863. The van der Waals surface area contributed by atoms with Gasteiger partial charge in [-0.05, 0) is 37.5 Å². The molecule has 1 fully saturated rings. The maximum Gasteiger partial charge on any atom is 0.319 e. The predicted molar refractivity (Wildman–Crippen MR) is 76.8 cm³/mol. The van der Waals surface area contributed by atoms with Crippen LogP contribution in [0.4, 0.5) is 10.5 Å². The fourth-order valence-corrected chi connectivity index (χ4v) is 2.60. The number of benzene rings is 1. The van der Waals surface area contributed by atoms with Crippen molar-refractivity contribution in [3.05, 3.63) is 29.8 Å². The SMILES string of the molecule is CC1(NC(=O)Nc2ccc(CC(=O)O)cc2)CCCC1. The smallest absolute Gasteiger partial charge is 0.319 e. The highest BCUT2D eigenvalue weighted by Gasteiger charge is 2.29. The first-order valence-electron chi connectivity index (χ1n) is 6.87. The molecular formula is C15H20N2O3. The van der Waals surface area contributed by atoms with Crippen molar-refractivity contribution in [2.75, 3.05) is 5.32 Å². The van der Waals surface area contributed by atoms with E-state index in [0.717, 1.165) is 25.7 Å². The third-order valence-electron chi connectivity index (χ3n) is 3.69. The first-order chi connectivity index (χ1) is 9.47. The normalized spacial score (nSPS) is 16.6. The molecule has 2 amide bonds. The van der Waals surface area contributed by atoms with Gasteiger partial charge in [0.15, 0.2) is 0 Å². The van der Waals surface area contributed by atoms with Gasteiger partial charge in [-0.2, -0.15) is 0 Å². The van der Waals surface area contributed by atoms with Crippen molar-refractivity contribution in [1.82, 2.24) is 5.32 Å². The minimum absolute atomic E-state index is 0.00938. The van der Waals surface area contributed by atoms with Gasteiger partial charge < -0.3 is 15.7 Å². The lowest BCUT2D eigenvalue weighted by atomic mass is 10.0. The third kappa shape index (κ3) is 3.98. The Labute approximate surface area is 118 Å². The number of amides is 2. The van der Waals surface area contributed by atoms with Crippen molar-refractivity contribution in [3.63, 3.8) is 0 Å². The summed E-state index contributed by atoms with van der Waals surface area (Å²) >= 11 is 0. The second-order valence-corrected chi connectivity index (χ2v) is 5.61. The zero-order chi connectivity index (χ0) is 14.6. The molecule has 2 rings (SSSR count). The molecule has 0 aliphatic heterocycles. The van der Waals surface area contributed by atoms with Crippen molar-refractivity contribution >= 4 is 17.7 Å². The second-order valence-electron chi connectivity index (χ2n) is 5.61. The monoisotopic (exact) mass is 276 g/mol. The van der Waals surface area contributed by atoms with E-state index < -0.39 is 5.97 Å². The minimum atomic E-state index is -0.863. The average molecular weight is 276 g/mol. The van der Waals surface area contributed by atoms with Crippen molar-refractivity contribution in [2.24, 2.45) is 0 Å². The standard InChI is InChI=1S/C15H20N2O3/c1-15(8-2-3-9-15)17-14(20)16-12-6-4-11(5-7-12)10-13(18)19/h4-7H,2-3,8-10H2,1H3,(H,18,19)(H2,16,17,20). The fourth-order valence-electron chi connectivity index (χ4n) is 2.60. The van der Waals surface area contributed by atoms with Crippen LogP contribution in [0, 0.1) is 0 Å². The number of carboxylic acid groups (broad SMARTS) is 1. The molecule has 0 aromatic heterocycles. The van der Waals surface area contributed by atoms with E-state index in [1.807, 2.05) is 0 Å². The van der Waals surface area contributed by atoms with Crippen LogP contribution in [0.15, 0.2) is 24.3 Å². The zero-order valence-electron chi connectivity index (χ0n) is 11.6. The van der Waals surface area contributed by atoms with E-state index in [1.54, 1.807) is 24.3 Å². The van der Waals surface area contributed by atoms with Gasteiger partial charge >= 0.3 is 12.0 Å². The molecule has 0 radical (unpaired) electrons. The Morgan fingerprint density at radius 3 is 2.35 bits per heavy atom. The van der Waals surface area contributed by atoms with E-state index in [1.165, 1.54) is 0 Å². The maximum atomic E-state index is 11.9. The van der Waals surface area contributed by atoms with Gasteiger partial charge in [-0.15, -0.1) is 0 Å². The van der Waals surface area contributed by atoms with Crippen molar-refractivity contribution in [2.45, 2.75) is 44.6 Å². The van der Waals surface area contributed by atoms with Gasteiger partial charge in [0.25, 0.3) is 0 Å². The molecule has 0 heterocycles. The average Bonchev–Trinajstić information content (AvgIpc) is 2.77. The molecule has 108 valence electrons. The van der Waals surface area contributed by atoms with Gasteiger partial charge in [-0.25, -0.2) is 4.79 Å². The molecule has 0 atom stereocenters. The highest BCUT2D eigenvalue weighted by molar-refractivity contribution is 5.89. The largest absolute Gasteiger partial charge is 0.481 e. The van der Waals surface area contributed by atoms with Crippen LogP contribution in [0.1, 0.15) is 38.2 Å². The summed E-state index contributed by atoms with van der Waals surface area (Å²) in [5.41, 5.74) is 1.28. The Morgan fingerprint density at radius 2 is 1.80 bits per heavy atom. The van der Waals surface area contributed by atoms with Gasteiger partial charge in [0.1, 0.15) is 0 Å². The lowest BCUT2D eigenvalue weighted by molar-refractivity contribution is -0.136. The molecule has 0 spiro atoms. The van der Waals surface area contributed by atoms with Crippen LogP contribution in [-0.4, -0.2) is 22.6 Å². The number of hydrogen-bond acceptors (Lipinski definition) is 2. The first kappa shape index (κ1) is 14.4.